The van der Waals surface area contributed by atoms with E-state index >= 15 is 0 Å². The molecule has 0 aromatic rings. The van der Waals surface area contributed by atoms with Gasteiger partial charge in [0.05, 0.1) is 19.3 Å². The Hall–Kier alpha value is -1.14. The highest BCUT2D eigenvalue weighted by Crippen LogP contribution is 2.01. The molecular weight excluding hydrogens is 226 g/mol. The average molecular weight is 247 g/mol. The fraction of sp³-hybridized carbons (Fsp3) is 0.818. The topological polar surface area (TPSA) is 65.1 Å². The fourth-order valence-electron chi connectivity index (χ4n) is 1.07. The van der Waals surface area contributed by atoms with Gasteiger partial charge in [0.15, 0.2) is 6.61 Å². The number of amides is 1. The Labute approximate surface area is 102 Å². The van der Waals surface area contributed by atoms with Gasteiger partial charge in [-0.2, -0.15) is 0 Å². The van der Waals surface area contributed by atoms with E-state index in [-0.39, 0.29) is 25.2 Å². The van der Waals surface area contributed by atoms with Crippen LogP contribution in [0.2, 0.25) is 0 Å². The number of carbonyl (C=O) groups is 2. The number of esters is 1. The smallest absolute Gasteiger partial charge is 0.303 e. The first-order valence-electron chi connectivity index (χ1n) is 5.65. The van der Waals surface area contributed by atoms with Crippen LogP contribution in [0.25, 0.3) is 0 Å². The number of ether oxygens (including phenoxy) is 2. The number of nitrogens with zero attached hydrogens (tertiary/aromatic N) is 1. The third kappa shape index (κ3) is 7.70. The van der Waals surface area contributed by atoms with Gasteiger partial charge >= 0.3 is 5.97 Å². The second kappa shape index (κ2) is 8.95. The quantitative estimate of drug-likeness (QED) is 0.360. The lowest BCUT2D eigenvalue weighted by Gasteiger charge is -2.25. The second-order valence-corrected chi connectivity index (χ2v) is 3.62. The minimum atomic E-state index is -0.489. The highest BCUT2D eigenvalue weighted by molar-refractivity contribution is 5.79. The summed E-state index contributed by atoms with van der Waals surface area (Å²) in [6.45, 7) is 7.76. The lowest BCUT2D eigenvalue weighted by Crippen LogP contribution is -2.40. The van der Waals surface area contributed by atoms with E-state index in [1.54, 1.807) is 0 Å². The maximum Gasteiger partial charge on any atom is 0.303 e. The summed E-state index contributed by atoms with van der Waals surface area (Å²) in [6.07, 6.45) is 0. The summed E-state index contributed by atoms with van der Waals surface area (Å²) in [4.78, 5) is 27.5. The van der Waals surface area contributed by atoms with Crippen molar-refractivity contribution in [1.29, 1.82) is 0 Å². The predicted molar refractivity (Wildman–Crippen MR) is 61.1 cm³/mol. The van der Waals surface area contributed by atoms with Crippen LogP contribution in [0.15, 0.2) is 0 Å². The van der Waals surface area contributed by atoms with E-state index in [2.05, 4.69) is 4.74 Å². The molecule has 0 aliphatic heterocycles. The Balaban J connectivity index is 4.03. The van der Waals surface area contributed by atoms with Crippen LogP contribution in [0.1, 0.15) is 27.7 Å². The van der Waals surface area contributed by atoms with Crippen molar-refractivity contribution in [2.75, 3.05) is 26.4 Å². The van der Waals surface area contributed by atoms with Crippen molar-refractivity contribution in [3.8, 4) is 0 Å². The maximum atomic E-state index is 11.6. The van der Waals surface area contributed by atoms with Crippen LogP contribution in [0.5, 0.6) is 0 Å². The summed E-state index contributed by atoms with van der Waals surface area (Å²) in [5.74, 6) is -0.872. The van der Waals surface area contributed by atoms with Gasteiger partial charge < -0.3 is 9.47 Å². The third-order valence-electron chi connectivity index (χ3n) is 1.78. The van der Waals surface area contributed by atoms with Crippen molar-refractivity contribution in [2.45, 2.75) is 33.7 Å². The fourth-order valence-corrected chi connectivity index (χ4v) is 1.07. The highest BCUT2D eigenvalue weighted by Gasteiger charge is 2.18. The van der Waals surface area contributed by atoms with Crippen LogP contribution in [0.4, 0.5) is 0 Å². The molecule has 0 N–H and O–H groups in total. The first-order valence-corrected chi connectivity index (χ1v) is 5.65. The Bertz CT molecular complexity index is 242. The SMILES string of the molecule is CCOCCON(C(=O)COC(C)=O)C(C)C. The zero-order chi connectivity index (χ0) is 13.3. The van der Waals surface area contributed by atoms with Crippen molar-refractivity contribution in [1.82, 2.24) is 5.06 Å². The molecule has 0 radical (unpaired) electrons. The molecule has 0 aromatic heterocycles. The van der Waals surface area contributed by atoms with Gasteiger partial charge in [0.1, 0.15) is 0 Å². The molecule has 0 aromatic carbocycles. The number of carbonyl (C=O) groups excluding carboxylic acids is 2. The molecule has 0 aliphatic carbocycles. The molecule has 0 fully saturated rings. The van der Waals surface area contributed by atoms with E-state index in [0.29, 0.717) is 13.2 Å². The van der Waals surface area contributed by atoms with Gasteiger partial charge in [-0.3, -0.25) is 14.4 Å². The molecule has 0 bridgehead atoms. The number of hydrogen-bond donors (Lipinski definition) is 0. The van der Waals surface area contributed by atoms with E-state index in [0.717, 1.165) is 0 Å². The van der Waals surface area contributed by atoms with Gasteiger partial charge in [0.25, 0.3) is 5.91 Å². The number of hydrogen-bond acceptors (Lipinski definition) is 5. The summed E-state index contributed by atoms with van der Waals surface area (Å²) in [7, 11) is 0. The van der Waals surface area contributed by atoms with Gasteiger partial charge in [-0.1, -0.05) is 0 Å². The molecular formula is C11H21NO5. The minimum Gasteiger partial charge on any atom is -0.456 e. The molecule has 0 saturated heterocycles. The van der Waals surface area contributed by atoms with Crippen molar-refractivity contribution in [2.24, 2.45) is 0 Å². The Morgan fingerprint density at radius 2 is 1.88 bits per heavy atom. The number of rotatable bonds is 8. The zero-order valence-corrected chi connectivity index (χ0v) is 10.9. The predicted octanol–water partition coefficient (Wildman–Crippen LogP) is 0.755. The lowest BCUT2D eigenvalue weighted by molar-refractivity contribution is -0.205. The van der Waals surface area contributed by atoms with Crippen LogP contribution in [0, 0.1) is 0 Å². The monoisotopic (exact) mass is 247 g/mol. The zero-order valence-electron chi connectivity index (χ0n) is 10.9. The molecule has 0 rings (SSSR count). The van der Waals surface area contributed by atoms with Crippen molar-refractivity contribution < 1.29 is 23.9 Å². The van der Waals surface area contributed by atoms with E-state index < -0.39 is 5.97 Å². The minimum absolute atomic E-state index is 0.125. The van der Waals surface area contributed by atoms with Crippen LogP contribution in [-0.2, 0) is 23.9 Å². The van der Waals surface area contributed by atoms with E-state index in [4.69, 9.17) is 9.57 Å². The third-order valence-corrected chi connectivity index (χ3v) is 1.78. The molecule has 17 heavy (non-hydrogen) atoms. The Kier molecular flexibility index (Phi) is 8.35. The molecule has 1 amide bonds. The highest BCUT2D eigenvalue weighted by atomic mass is 16.7. The molecule has 0 aliphatic rings. The summed E-state index contributed by atoms with van der Waals surface area (Å²) < 4.78 is 9.71. The van der Waals surface area contributed by atoms with Crippen molar-refractivity contribution in [3.05, 3.63) is 0 Å². The second-order valence-electron chi connectivity index (χ2n) is 3.62. The first-order chi connectivity index (χ1) is 7.99. The summed E-state index contributed by atoms with van der Waals surface area (Å²) in [5, 5.41) is 1.20. The summed E-state index contributed by atoms with van der Waals surface area (Å²) in [6, 6.07) is -0.125. The van der Waals surface area contributed by atoms with Gasteiger partial charge in [-0.15, -0.1) is 0 Å². The number of hydroxylamine groups is 2. The largest absolute Gasteiger partial charge is 0.456 e. The summed E-state index contributed by atoms with van der Waals surface area (Å²) in [5.41, 5.74) is 0. The van der Waals surface area contributed by atoms with E-state index in [9.17, 15) is 9.59 Å². The molecule has 100 valence electrons. The molecule has 0 heterocycles. The van der Waals surface area contributed by atoms with Gasteiger partial charge in [0, 0.05) is 13.5 Å². The van der Waals surface area contributed by atoms with Gasteiger partial charge in [-0.25, -0.2) is 5.06 Å². The van der Waals surface area contributed by atoms with Crippen molar-refractivity contribution >= 4 is 11.9 Å². The van der Waals surface area contributed by atoms with Crippen LogP contribution < -0.4 is 0 Å². The average Bonchev–Trinajstić information content (AvgIpc) is 2.25. The normalized spacial score (nSPS) is 10.4. The van der Waals surface area contributed by atoms with E-state index in [1.807, 2.05) is 20.8 Å². The Morgan fingerprint density at radius 3 is 2.35 bits per heavy atom. The lowest BCUT2D eigenvalue weighted by atomic mass is 10.4. The summed E-state index contributed by atoms with van der Waals surface area (Å²) >= 11 is 0. The molecule has 0 spiro atoms. The molecule has 6 nitrogen and oxygen atoms in total. The molecule has 0 atom stereocenters. The van der Waals surface area contributed by atoms with Gasteiger partial charge in [-0.05, 0) is 20.8 Å². The van der Waals surface area contributed by atoms with Crippen molar-refractivity contribution in [3.63, 3.8) is 0 Å². The van der Waals surface area contributed by atoms with Crippen LogP contribution in [0.3, 0.4) is 0 Å². The maximum absolute atomic E-state index is 11.6. The van der Waals surface area contributed by atoms with Crippen LogP contribution in [-0.4, -0.2) is 49.4 Å². The first kappa shape index (κ1) is 15.9. The Morgan fingerprint density at radius 1 is 1.24 bits per heavy atom. The molecule has 0 unspecified atom stereocenters. The van der Waals surface area contributed by atoms with Crippen LogP contribution >= 0.6 is 0 Å². The molecule has 6 heteroatoms. The standard InChI is InChI=1S/C11H21NO5/c1-5-15-6-7-17-12(9(2)3)11(14)8-16-10(4)13/h9H,5-8H2,1-4H3. The molecule has 0 saturated carbocycles. The van der Waals surface area contributed by atoms with Gasteiger partial charge in [0.2, 0.25) is 0 Å². The van der Waals surface area contributed by atoms with E-state index in [1.165, 1.54) is 12.0 Å².